The third-order valence-electron chi connectivity index (χ3n) is 8.92. The van der Waals surface area contributed by atoms with E-state index < -0.39 is 11.9 Å². The Balaban J connectivity index is 1.21. The number of ketones is 1. The van der Waals surface area contributed by atoms with Crippen molar-refractivity contribution in [2.24, 2.45) is 29.4 Å². The summed E-state index contributed by atoms with van der Waals surface area (Å²) in [6.07, 6.45) is 3.01. The van der Waals surface area contributed by atoms with Gasteiger partial charge in [-0.15, -0.1) is 16.9 Å². The van der Waals surface area contributed by atoms with Gasteiger partial charge in [0.15, 0.2) is 5.78 Å². The number of carbonyl (C=O) groups is 4. The van der Waals surface area contributed by atoms with E-state index >= 15 is 0 Å². The maximum atomic E-state index is 13.2. The van der Waals surface area contributed by atoms with Gasteiger partial charge in [0.25, 0.3) is 0 Å². The molecule has 13 nitrogen and oxygen atoms in total. The van der Waals surface area contributed by atoms with Crippen LogP contribution < -0.4 is 11.1 Å². The van der Waals surface area contributed by atoms with Crippen LogP contribution in [-0.4, -0.2) is 101 Å². The Kier molecular flexibility index (Phi) is 7.79. The number of aliphatic carboxylic acids is 1. The molecular formula is C26H38N8O5S. The average molecular weight is 575 g/mol. The predicted molar refractivity (Wildman–Crippen MR) is 145 cm³/mol. The van der Waals surface area contributed by atoms with Crippen molar-refractivity contribution in [2.75, 3.05) is 19.6 Å². The van der Waals surface area contributed by atoms with Gasteiger partial charge in [0.2, 0.25) is 11.8 Å². The van der Waals surface area contributed by atoms with Gasteiger partial charge in [-0.3, -0.25) is 14.4 Å². The zero-order valence-corrected chi connectivity index (χ0v) is 24.1. The number of aromatic nitrogens is 4. The number of amides is 2. The molecular weight excluding hydrogens is 536 g/mol. The maximum Gasteiger partial charge on any atom is 0.353 e. The molecule has 0 saturated carbocycles. The number of likely N-dealkylation sites (tertiary alicyclic amines) is 1. The molecule has 3 fully saturated rings. The number of carboxylic acids is 1. The van der Waals surface area contributed by atoms with E-state index in [4.69, 9.17) is 5.73 Å². The number of Topliss-reactive ketones (excluding diaryl/α,β-unsaturated/α-hetero) is 1. The third-order valence-corrected chi connectivity index (χ3v) is 10.4. The van der Waals surface area contributed by atoms with Crippen molar-refractivity contribution in [1.29, 1.82) is 0 Å². The zero-order valence-electron chi connectivity index (χ0n) is 23.3. The molecule has 0 aliphatic carbocycles. The fraction of sp³-hybridized carbons (Fsp3) is 0.731. The van der Waals surface area contributed by atoms with Crippen molar-refractivity contribution in [3.05, 3.63) is 16.9 Å². The highest BCUT2D eigenvalue weighted by Crippen LogP contribution is 2.53. The summed E-state index contributed by atoms with van der Waals surface area (Å²) in [6, 6.07) is -0.620. The summed E-state index contributed by atoms with van der Waals surface area (Å²) < 4.78 is 1.34. The van der Waals surface area contributed by atoms with Crippen LogP contribution in [0, 0.1) is 23.7 Å². The first-order chi connectivity index (χ1) is 18.9. The summed E-state index contributed by atoms with van der Waals surface area (Å²) in [4.78, 5) is 55.3. The average Bonchev–Trinajstić information content (AvgIpc) is 3.66. The van der Waals surface area contributed by atoms with Gasteiger partial charge in [-0.05, 0) is 49.0 Å². The van der Waals surface area contributed by atoms with Crippen LogP contribution in [0.5, 0.6) is 0 Å². The number of hydrogen-bond donors (Lipinski definition) is 3. The van der Waals surface area contributed by atoms with E-state index in [0.717, 1.165) is 6.42 Å². The first-order valence-corrected chi connectivity index (χ1v) is 14.8. The first kappa shape index (κ1) is 28.7. The molecule has 0 aromatic carbocycles. The van der Waals surface area contributed by atoms with E-state index in [9.17, 15) is 24.3 Å². The molecule has 2 amide bonds. The van der Waals surface area contributed by atoms with Crippen molar-refractivity contribution >= 4 is 35.3 Å². The Morgan fingerprint density at radius 2 is 2.08 bits per heavy atom. The molecule has 4 N–H and O–H groups in total. The van der Waals surface area contributed by atoms with Crippen LogP contribution in [0.4, 0.5) is 0 Å². The number of tetrazole rings is 1. The van der Waals surface area contributed by atoms with E-state index in [1.807, 2.05) is 32.6 Å². The van der Waals surface area contributed by atoms with Gasteiger partial charge in [0.05, 0.1) is 18.0 Å². The molecule has 4 aliphatic rings. The summed E-state index contributed by atoms with van der Waals surface area (Å²) in [7, 11) is 0. The Labute approximate surface area is 237 Å². The summed E-state index contributed by atoms with van der Waals surface area (Å²) >= 11 is 1.47. The molecule has 218 valence electrons. The normalized spacial score (nSPS) is 31.0. The molecule has 1 aromatic rings. The number of carboxylic acid groups (broad SMARTS) is 1. The summed E-state index contributed by atoms with van der Waals surface area (Å²) in [5.41, 5.74) is 5.98. The second-order valence-electron chi connectivity index (χ2n) is 12.3. The molecule has 0 radical (unpaired) electrons. The molecule has 0 spiro atoms. The Hall–Kier alpha value is -2.84. The van der Waals surface area contributed by atoms with E-state index in [1.165, 1.54) is 27.7 Å². The number of carbonyl (C=O) groups excluding carboxylic acids is 3. The van der Waals surface area contributed by atoms with Gasteiger partial charge >= 0.3 is 5.97 Å². The van der Waals surface area contributed by atoms with E-state index in [1.54, 1.807) is 0 Å². The van der Waals surface area contributed by atoms with Crippen LogP contribution in [0.2, 0.25) is 0 Å². The zero-order chi connectivity index (χ0) is 28.9. The number of thioether (sulfide) groups is 1. The third kappa shape index (κ3) is 5.28. The Morgan fingerprint density at radius 1 is 1.32 bits per heavy atom. The van der Waals surface area contributed by atoms with Crippen LogP contribution >= 0.6 is 11.8 Å². The number of nitrogens with two attached hydrogens (primary N) is 1. The SMILES string of the molecule is CC(CC(=O)Cn1cnnn1)[C@H]1C(=O)N2C(C(=O)O)=C(S[C@@H]3CN[C@H](C(=O)N4CC[C@H](C(C)(C)N)C4)C3)[C@H](C)[C@H]12. The van der Waals surface area contributed by atoms with E-state index in [2.05, 4.69) is 20.8 Å². The maximum absolute atomic E-state index is 13.2. The minimum Gasteiger partial charge on any atom is -0.477 e. The van der Waals surface area contributed by atoms with Crippen molar-refractivity contribution in [2.45, 2.75) is 76.4 Å². The standard InChI is InChI=1S/C26H38N8O5S/c1-13(7-16(35)11-33-12-29-30-31-33)19-20-14(2)22(21(25(38)39)34(20)24(19)37)40-17-8-18(28-9-17)23(36)32-6-5-15(10-32)26(3,4)27/h12-15,17-20,28H,5-11,27H2,1-4H3,(H,38,39)/t13?,14-,15+,17+,18+,19-,20-/m1/s1. The van der Waals surface area contributed by atoms with Crippen molar-refractivity contribution in [1.82, 2.24) is 35.3 Å². The topological polar surface area (TPSA) is 177 Å². The lowest BCUT2D eigenvalue weighted by atomic mass is 9.73. The number of nitrogens with one attached hydrogen (secondary N) is 1. The van der Waals surface area contributed by atoms with Gasteiger partial charge in [-0.1, -0.05) is 13.8 Å². The summed E-state index contributed by atoms with van der Waals surface area (Å²) in [6.45, 7) is 9.76. The highest BCUT2D eigenvalue weighted by atomic mass is 32.2. The van der Waals surface area contributed by atoms with Crippen LogP contribution in [0.3, 0.4) is 0 Å². The van der Waals surface area contributed by atoms with Gasteiger partial charge in [0.1, 0.15) is 18.6 Å². The molecule has 0 bridgehead atoms. The quantitative estimate of drug-likeness (QED) is 0.323. The highest BCUT2D eigenvalue weighted by Gasteiger charge is 2.60. The van der Waals surface area contributed by atoms with Crippen molar-refractivity contribution in [3.8, 4) is 0 Å². The number of fused-ring (bicyclic) bond motifs is 1. The Bertz CT molecular complexity index is 1210. The lowest BCUT2D eigenvalue weighted by molar-refractivity contribution is -0.160. The summed E-state index contributed by atoms with van der Waals surface area (Å²) in [5.74, 6) is -2.02. The molecule has 7 atom stereocenters. The molecule has 5 heterocycles. The fourth-order valence-corrected chi connectivity index (χ4v) is 8.18. The first-order valence-electron chi connectivity index (χ1n) is 13.9. The minimum atomic E-state index is -1.13. The van der Waals surface area contributed by atoms with Gasteiger partial charge in [-0.2, -0.15) is 0 Å². The molecule has 3 saturated heterocycles. The second kappa shape index (κ2) is 10.9. The van der Waals surface area contributed by atoms with Gasteiger partial charge < -0.3 is 26.0 Å². The fourth-order valence-electron chi connectivity index (χ4n) is 6.70. The monoisotopic (exact) mass is 574 g/mol. The predicted octanol–water partition coefficient (Wildman–Crippen LogP) is 0.0908. The largest absolute Gasteiger partial charge is 0.477 e. The number of β-lactam (4-membered cyclic amide) rings is 1. The molecule has 4 aliphatic heterocycles. The van der Waals surface area contributed by atoms with Gasteiger partial charge in [0, 0.05) is 47.7 Å². The number of rotatable bonds is 10. The van der Waals surface area contributed by atoms with E-state index in [-0.39, 0.29) is 76.9 Å². The molecule has 5 rings (SSSR count). The smallest absolute Gasteiger partial charge is 0.353 e. The van der Waals surface area contributed by atoms with Gasteiger partial charge in [-0.25, -0.2) is 9.48 Å². The summed E-state index contributed by atoms with van der Waals surface area (Å²) in [5, 5.41) is 24.2. The lowest BCUT2D eigenvalue weighted by Crippen LogP contribution is -2.62. The van der Waals surface area contributed by atoms with Crippen LogP contribution in [0.25, 0.3) is 0 Å². The number of nitrogens with zero attached hydrogens (tertiary/aromatic N) is 6. The van der Waals surface area contributed by atoms with Crippen LogP contribution in [0.1, 0.15) is 47.0 Å². The molecule has 40 heavy (non-hydrogen) atoms. The Morgan fingerprint density at radius 3 is 2.70 bits per heavy atom. The van der Waals surface area contributed by atoms with E-state index in [0.29, 0.717) is 31.0 Å². The molecule has 1 unspecified atom stereocenters. The number of hydrogen-bond acceptors (Lipinski definition) is 10. The molecule has 14 heteroatoms. The lowest BCUT2D eigenvalue weighted by Gasteiger charge is -2.47. The van der Waals surface area contributed by atoms with Crippen molar-refractivity contribution < 1.29 is 24.3 Å². The second-order valence-corrected chi connectivity index (χ2v) is 13.6. The van der Waals surface area contributed by atoms with Crippen LogP contribution in [-0.2, 0) is 25.7 Å². The van der Waals surface area contributed by atoms with Crippen LogP contribution in [0.15, 0.2) is 16.9 Å². The minimum absolute atomic E-state index is 0.00708. The molecule has 1 aromatic heterocycles. The highest BCUT2D eigenvalue weighted by molar-refractivity contribution is 8.03. The van der Waals surface area contributed by atoms with Crippen molar-refractivity contribution in [3.63, 3.8) is 0 Å².